The summed E-state index contributed by atoms with van der Waals surface area (Å²) in [6.07, 6.45) is 1.94. The predicted molar refractivity (Wildman–Crippen MR) is 63.9 cm³/mol. The highest BCUT2D eigenvalue weighted by Crippen LogP contribution is 2.16. The molecule has 0 fully saturated rings. The molecule has 84 valence electrons. The lowest BCUT2D eigenvalue weighted by molar-refractivity contribution is -0.872. The highest BCUT2D eigenvalue weighted by Gasteiger charge is 2.13. The Morgan fingerprint density at radius 1 is 1.38 bits per heavy atom. The van der Waals surface area contributed by atoms with Crippen molar-refractivity contribution in [3.63, 3.8) is 0 Å². The summed E-state index contributed by atoms with van der Waals surface area (Å²) < 4.78 is 1.97. The second-order valence-electron chi connectivity index (χ2n) is 4.45. The molecule has 0 unspecified atom stereocenters. The number of pyridine rings is 1. The minimum absolute atomic E-state index is 0.112. The number of aromatic nitrogens is 1. The fourth-order valence-corrected chi connectivity index (χ4v) is 2.02. The van der Waals surface area contributed by atoms with Gasteiger partial charge < -0.3 is 9.30 Å². The summed E-state index contributed by atoms with van der Waals surface area (Å²) >= 11 is 0. The molecule has 2 rings (SSSR count). The van der Waals surface area contributed by atoms with Crippen LogP contribution in [0.1, 0.15) is 23.0 Å². The van der Waals surface area contributed by atoms with Crippen molar-refractivity contribution in [1.29, 1.82) is 0 Å². The van der Waals surface area contributed by atoms with E-state index < -0.39 is 0 Å². The number of ketones is 1. The molecule has 0 amide bonds. The third kappa shape index (κ3) is 1.86. The fourth-order valence-electron chi connectivity index (χ4n) is 2.02. The average Bonchev–Trinajstić information content (AvgIpc) is 2.57. The molecule has 0 bridgehead atoms. The van der Waals surface area contributed by atoms with Gasteiger partial charge in [-0.2, -0.15) is 0 Å². The largest absolute Gasteiger partial charge is 0.336 e. The normalized spacial score (nSPS) is 11.2. The van der Waals surface area contributed by atoms with Gasteiger partial charge in [0.05, 0.1) is 25.3 Å². The summed E-state index contributed by atoms with van der Waals surface area (Å²) in [6, 6.07) is 8.02. The van der Waals surface area contributed by atoms with Gasteiger partial charge in [0.15, 0.2) is 5.78 Å². The molecule has 2 aromatic rings. The van der Waals surface area contributed by atoms with Gasteiger partial charge in [-0.05, 0) is 18.2 Å². The van der Waals surface area contributed by atoms with Gasteiger partial charge in [-0.3, -0.25) is 4.79 Å². The zero-order valence-corrected chi connectivity index (χ0v) is 9.95. The van der Waals surface area contributed by atoms with Crippen molar-refractivity contribution in [3.8, 4) is 0 Å². The molecule has 0 spiro atoms. The van der Waals surface area contributed by atoms with Crippen LogP contribution in [0.25, 0.3) is 5.52 Å². The quantitative estimate of drug-likeness (QED) is 0.756. The summed E-state index contributed by atoms with van der Waals surface area (Å²) in [7, 11) is 4.22. The smallest absolute Gasteiger partial charge is 0.176 e. The second kappa shape index (κ2) is 4.10. The molecule has 2 heterocycles. The Hall–Kier alpha value is -1.61. The maximum Gasteiger partial charge on any atom is 0.176 e. The average molecular weight is 217 g/mol. The van der Waals surface area contributed by atoms with Crippen LogP contribution in [0.3, 0.4) is 0 Å². The van der Waals surface area contributed by atoms with E-state index in [-0.39, 0.29) is 5.78 Å². The van der Waals surface area contributed by atoms with E-state index in [1.165, 1.54) is 10.5 Å². The molecule has 0 saturated carbocycles. The molecule has 3 heteroatoms. The van der Waals surface area contributed by atoms with E-state index in [9.17, 15) is 4.79 Å². The lowest BCUT2D eigenvalue weighted by Gasteiger charge is -2.05. The fraction of sp³-hybridized carbons (Fsp3) is 0.308. The van der Waals surface area contributed by atoms with Crippen molar-refractivity contribution in [3.05, 3.63) is 41.7 Å². The number of fused-ring (bicyclic) bond motifs is 1. The van der Waals surface area contributed by atoms with Gasteiger partial charge >= 0.3 is 0 Å². The highest BCUT2D eigenvalue weighted by molar-refractivity contribution is 5.94. The molecule has 0 aliphatic heterocycles. The van der Waals surface area contributed by atoms with E-state index in [1.807, 2.05) is 28.8 Å². The Balaban J connectivity index is 2.62. The Labute approximate surface area is 95.3 Å². The van der Waals surface area contributed by atoms with Crippen LogP contribution in [0.5, 0.6) is 0 Å². The van der Waals surface area contributed by atoms with E-state index in [2.05, 4.69) is 20.2 Å². The first-order chi connectivity index (χ1) is 7.59. The molecule has 2 aromatic heterocycles. The predicted octanol–water partition coefficient (Wildman–Crippen LogP) is 0.786. The summed E-state index contributed by atoms with van der Waals surface area (Å²) in [6.45, 7) is 2.54. The number of carbonyl (C=O) groups is 1. The Morgan fingerprint density at radius 2 is 2.12 bits per heavy atom. The molecule has 0 radical (unpaired) electrons. The third-order valence-corrected chi connectivity index (χ3v) is 2.66. The topological polar surface area (TPSA) is 25.9 Å². The second-order valence-corrected chi connectivity index (χ2v) is 4.45. The first-order valence-electron chi connectivity index (χ1n) is 5.48. The first kappa shape index (κ1) is 10.9. The van der Waals surface area contributed by atoms with Gasteiger partial charge in [0.1, 0.15) is 6.54 Å². The Bertz CT molecular complexity index is 526. The summed E-state index contributed by atoms with van der Waals surface area (Å²) in [4.78, 5) is 12.9. The number of nitrogens with one attached hydrogen (secondary N) is 1. The minimum Gasteiger partial charge on any atom is -0.336 e. The molecule has 16 heavy (non-hydrogen) atoms. The number of carbonyl (C=O) groups excluding carboxylic acids is 1. The maximum absolute atomic E-state index is 11.5. The van der Waals surface area contributed by atoms with Crippen LogP contribution in [0.15, 0.2) is 30.5 Å². The number of quaternary nitrogens is 1. The minimum atomic E-state index is 0.112. The molecule has 0 saturated heterocycles. The van der Waals surface area contributed by atoms with Gasteiger partial charge in [-0.25, -0.2) is 0 Å². The van der Waals surface area contributed by atoms with E-state index in [4.69, 9.17) is 0 Å². The first-order valence-corrected chi connectivity index (χ1v) is 5.48. The molecule has 1 N–H and O–H groups in total. The van der Waals surface area contributed by atoms with Crippen LogP contribution < -0.4 is 4.90 Å². The molecule has 0 atom stereocenters. The van der Waals surface area contributed by atoms with Gasteiger partial charge in [0.2, 0.25) is 0 Å². The number of hydrogen-bond acceptors (Lipinski definition) is 1. The van der Waals surface area contributed by atoms with Crippen molar-refractivity contribution in [1.82, 2.24) is 4.40 Å². The van der Waals surface area contributed by atoms with E-state index in [0.717, 1.165) is 17.8 Å². The molecule has 3 nitrogen and oxygen atoms in total. The van der Waals surface area contributed by atoms with Crippen LogP contribution in [0.4, 0.5) is 0 Å². The summed E-state index contributed by atoms with van der Waals surface area (Å²) in [5.74, 6) is 0.112. The number of rotatable bonds is 3. The van der Waals surface area contributed by atoms with Crippen LogP contribution in [0, 0.1) is 0 Å². The van der Waals surface area contributed by atoms with Crippen molar-refractivity contribution in [2.75, 3.05) is 14.1 Å². The standard InChI is InChI=1S/C13H16N2O/c1-10(16)13-8-11(9-14(2)3)12-6-4-5-7-15(12)13/h4-8H,9H2,1-3H3/p+1. The van der Waals surface area contributed by atoms with Crippen LogP contribution in [0.2, 0.25) is 0 Å². The Kier molecular flexibility index (Phi) is 2.79. The lowest BCUT2D eigenvalue weighted by atomic mass is 10.2. The molecular formula is C13H17N2O+. The molecular weight excluding hydrogens is 200 g/mol. The monoisotopic (exact) mass is 217 g/mol. The van der Waals surface area contributed by atoms with E-state index in [1.54, 1.807) is 6.92 Å². The lowest BCUT2D eigenvalue weighted by Crippen LogP contribution is -3.04. The van der Waals surface area contributed by atoms with Crippen molar-refractivity contribution >= 4 is 11.3 Å². The zero-order chi connectivity index (χ0) is 11.7. The molecule has 0 aliphatic rings. The van der Waals surface area contributed by atoms with Crippen molar-refractivity contribution in [2.24, 2.45) is 0 Å². The highest BCUT2D eigenvalue weighted by atomic mass is 16.1. The van der Waals surface area contributed by atoms with Gasteiger partial charge in [-0.15, -0.1) is 0 Å². The van der Waals surface area contributed by atoms with Crippen molar-refractivity contribution < 1.29 is 9.69 Å². The van der Waals surface area contributed by atoms with Crippen LogP contribution >= 0.6 is 0 Å². The zero-order valence-electron chi connectivity index (χ0n) is 9.95. The number of nitrogens with zero attached hydrogens (tertiary/aromatic N) is 1. The molecule has 0 aliphatic carbocycles. The van der Waals surface area contributed by atoms with Crippen molar-refractivity contribution in [2.45, 2.75) is 13.5 Å². The van der Waals surface area contributed by atoms with Crippen LogP contribution in [-0.4, -0.2) is 24.3 Å². The Morgan fingerprint density at radius 3 is 2.75 bits per heavy atom. The number of Topliss-reactive ketones (excluding diaryl/α,β-unsaturated/α-hetero) is 1. The van der Waals surface area contributed by atoms with Gasteiger partial charge in [0.25, 0.3) is 0 Å². The van der Waals surface area contributed by atoms with E-state index >= 15 is 0 Å². The van der Waals surface area contributed by atoms with Gasteiger partial charge in [0, 0.05) is 18.7 Å². The van der Waals surface area contributed by atoms with Gasteiger partial charge in [-0.1, -0.05) is 6.07 Å². The number of hydrogen-bond donors (Lipinski definition) is 1. The third-order valence-electron chi connectivity index (χ3n) is 2.66. The maximum atomic E-state index is 11.5. The SMILES string of the molecule is CC(=O)c1cc(C[NH+](C)C)c2ccccn12. The summed E-state index contributed by atoms with van der Waals surface area (Å²) in [5.41, 5.74) is 3.13. The molecule has 0 aromatic carbocycles. The van der Waals surface area contributed by atoms with E-state index in [0.29, 0.717) is 0 Å². The summed E-state index contributed by atoms with van der Waals surface area (Å²) in [5, 5.41) is 0. The van der Waals surface area contributed by atoms with Crippen LogP contribution in [-0.2, 0) is 6.54 Å².